The molecular weight excluding hydrogens is 254 g/mol. The van der Waals surface area contributed by atoms with Gasteiger partial charge in [0, 0.05) is 18.2 Å². The lowest BCUT2D eigenvalue weighted by Gasteiger charge is -2.07. The molecule has 0 fully saturated rings. The van der Waals surface area contributed by atoms with E-state index in [4.69, 9.17) is 0 Å². The molecule has 104 valence electrons. The molecular formula is C14H17N5O. The van der Waals surface area contributed by atoms with Gasteiger partial charge in [0.25, 0.3) is 0 Å². The number of hydrogen-bond acceptors (Lipinski definition) is 5. The molecule has 0 spiro atoms. The molecule has 0 radical (unpaired) electrons. The van der Waals surface area contributed by atoms with Gasteiger partial charge in [-0.05, 0) is 19.0 Å². The van der Waals surface area contributed by atoms with Crippen LogP contribution in [0.1, 0.15) is 31.0 Å². The molecule has 6 heteroatoms. The third-order valence-electron chi connectivity index (χ3n) is 3.36. The van der Waals surface area contributed by atoms with Crippen LogP contribution < -0.4 is 5.32 Å². The maximum Gasteiger partial charge on any atom is 0.178 e. The fourth-order valence-electron chi connectivity index (χ4n) is 2.23. The first-order valence-corrected chi connectivity index (χ1v) is 6.63. The van der Waals surface area contributed by atoms with Gasteiger partial charge in [0.1, 0.15) is 5.75 Å². The van der Waals surface area contributed by atoms with Crippen molar-refractivity contribution in [2.45, 2.75) is 26.3 Å². The van der Waals surface area contributed by atoms with Gasteiger partial charge in [-0.3, -0.25) is 0 Å². The third kappa shape index (κ3) is 1.89. The first-order chi connectivity index (χ1) is 9.61. The van der Waals surface area contributed by atoms with E-state index in [-0.39, 0.29) is 5.75 Å². The minimum atomic E-state index is 0.160. The van der Waals surface area contributed by atoms with Gasteiger partial charge < -0.3 is 10.4 Å². The Bertz CT molecular complexity index is 778. The molecule has 0 bridgehead atoms. The van der Waals surface area contributed by atoms with E-state index in [1.807, 2.05) is 25.2 Å². The number of phenols is 1. The van der Waals surface area contributed by atoms with E-state index in [0.29, 0.717) is 23.6 Å². The van der Waals surface area contributed by atoms with Crippen molar-refractivity contribution in [3.63, 3.8) is 0 Å². The van der Waals surface area contributed by atoms with Crippen molar-refractivity contribution >= 4 is 16.7 Å². The van der Waals surface area contributed by atoms with Crippen LogP contribution >= 0.6 is 0 Å². The van der Waals surface area contributed by atoms with Crippen LogP contribution in [-0.2, 0) is 6.54 Å². The highest BCUT2D eigenvalue weighted by Crippen LogP contribution is 2.27. The quantitative estimate of drug-likeness (QED) is 0.760. The van der Waals surface area contributed by atoms with E-state index in [1.54, 1.807) is 4.52 Å². The van der Waals surface area contributed by atoms with Crippen molar-refractivity contribution < 1.29 is 5.11 Å². The SMILES string of the molecule is CNCc1ccc2c(nnc3cc(C(C)C)nn32)c1O. The summed E-state index contributed by atoms with van der Waals surface area (Å²) >= 11 is 0. The molecule has 6 nitrogen and oxygen atoms in total. The summed E-state index contributed by atoms with van der Waals surface area (Å²) in [6.07, 6.45) is 0. The molecule has 3 rings (SSSR count). The van der Waals surface area contributed by atoms with E-state index in [1.165, 1.54) is 0 Å². The average Bonchev–Trinajstić information content (AvgIpc) is 2.86. The van der Waals surface area contributed by atoms with Crippen LogP contribution in [-0.4, -0.2) is 32.0 Å². The molecule has 2 N–H and O–H groups in total. The summed E-state index contributed by atoms with van der Waals surface area (Å²) < 4.78 is 1.74. The zero-order chi connectivity index (χ0) is 14.3. The Kier molecular flexibility index (Phi) is 3.02. The zero-order valence-electron chi connectivity index (χ0n) is 11.8. The van der Waals surface area contributed by atoms with Crippen LogP contribution in [0, 0.1) is 0 Å². The van der Waals surface area contributed by atoms with Gasteiger partial charge in [-0.1, -0.05) is 19.9 Å². The highest BCUT2D eigenvalue weighted by atomic mass is 16.3. The lowest BCUT2D eigenvalue weighted by molar-refractivity contribution is 0.470. The summed E-state index contributed by atoms with van der Waals surface area (Å²) in [7, 11) is 1.83. The summed E-state index contributed by atoms with van der Waals surface area (Å²) in [4.78, 5) is 0. The fraction of sp³-hybridized carbons (Fsp3) is 0.357. The summed E-state index contributed by atoms with van der Waals surface area (Å²) in [6.45, 7) is 4.75. The van der Waals surface area contributed by atoms with E-state index < -0.39 is 0 Å². The van der Waals surface area contributed by atoms with Gasteiger partial charge in [-0.25, -0.2) is 4.52 Å². The molecule has 0 aliphatic rings. The summed E-state index contributed by atoms with van der Waals surface area (Å²) in [5.74, 6) is 0.483. The molecule has 0 unspecified atom stereocenters. The summed E-state index contributed by atoms with van der Waals surface area (Å²) in [6, 6.07) is 5.72. The second-order valence-corrected chi connectivity index (χ2v) is 5.17. The molecule has 0 aliphatic heterocycles. The Morgan fingerprint density at radius 3 is 2.80 bits per heavy atom. The minimum Gasteiger partial charge on any atom is -0.505 e. The Hall–Kier alpha value is -2.21. The van der Waals surface area contributed by atoms with Crippen molar-refractivity contribution in [1.29, 1.82) is 0 Å². The van der Waals surface area contributed by atoms with Crippen molar-refractivity contribution in [3.05, 3.63) is 29.5 Å². The maximum absolute atomic E-state index is 10.3. The zero-order valence-corrected chi connectivity index (χ0v) is 11.8. The number of nitrogens with zero attached hydrogens (tertiary/aromatic N) is 4. The number of benzene rings is 1. The number of rotatable bonds is 3. The van der Waals surface area contributed by atoms with Gasteiger partial charge in [0.05, 0.1) is 11.2 Å². The molecule has 0 saturated heterocycles. The number of phenolic OH excluding ortho intramolecular Hbond substituents is 1. The number of nitrogens with one attached hydrogen (secondary N) is 1. The largest absolute Gasteiger partial charge is 0.505 e. The Labute approximate surface area is 116 Å². The second-order valence-electron chi connectivity index (χ2n) is 5.17. The average molecular weight is 271 g/mol. The fourth-order valence-corrected chi connectivity index (χ4v) is 2.23. The van der Waals surface area contributed by atoms with Gasteiger partial charge in [0.2, 0.25) is 0 Å². The van der Waals surface area contributed by atoms with Gasteiger partial charge in [-0.15, -0.1) is 10.2 Å². The maximum atomic E-state index is 10.3. The Morgan fingerprint density at radius 1 is 1.30 bits per heavy atom. The van der Waals surface area contributed by atoms with Crippen molar-refractivity contribution in [3.8, 4) is 5.75 Å². The molecule has 0 saturated carbocycles. The lowest BCUT2D eigenvalue weighted by Crippen LogP contribution is -2.06. The predicted molar refractivity (Wildman–Crippen MR) is 76.8 cm³/mol. The monoisotopic (exact) mass is 271 g/mol. The summed E-state index contributed by atoms with van der Waals surface area (Å²) in [5.41, 5.74) is 3.69. The molecule has 2 aromatic heterocycles. The normalized spacial score (nSPS) is 11.8. The van der Waals surface area contributed by atoms with E-state index in [2.05, 4.69) is 34.5 Å². The molecule has 0 amide bonds. The molecule has 3 aromatic rings. The molecule has 2 heterocycles. The van der Waals surface area contributed by atoms with Crippen molar-refractivity contribution in [2.75, 3.05) is 7.05 Å². The number of hydrogen-bond donors (Lipinski definition) is 2. The van der Waals surface area contributed by atoms with Crippen LogP contribution in [0.4, 0.5) is 0 Å². The highest BCUT2D eigenvalue weighted by Gasteiger charge is 2.14. The van der Waals surface area contributed by atoms with Crippen LogP contribution in [0.3, 0.4) is 0 Å². The Morgan fingerprint density at radius 2 is 2.10 bits per heavy atom. The van der Waals surface area contributed by atoms with Gasteiger partial charge in [0.15, 0.2) is 11.2 Å². The molecule has 0 atom stereocenters. The van der Waals surface area contributed by atoms with E-state index >= 15 is 0 Å². The topological polar surface area (TPSA) is 75.3 Å². The lowest BCUT2D eigenvalue weighted by atomic mass is 10.1. The van der Waals surface area contributed by atoms with Crippen LogP contribution in [0.25, 0.3) is 16.7 Å². The van der Waals surface area contributed by atoms with Gasteiger partial charge >= 0.3 is 0 Å². The van der Waals surface area contributed by atoms with Crippen LogP contribution in [0.15, 0.2) is 18.2 Å². The second kappa shape index (κ2) is 4.72. The molecule has 0 aliphatic carbocycles. The van der Waals surface area contributed by atoms with Crippen LogP contribution in [0.2, 0.25) is 0 Å². The van der Waals surface area contributed by atoms with Gasteiger partial charge in [-0.2, -0.15) is 5.10 Å². The van der Waals surface area contributed by atoms with Crippen LogP contribution in [0.5, 0.6) is 5.75 Å². The minimum absolute atomic E-state index is 0.160. The van der Waals surface area contributed by atoms with E-state index in [9.17, 15) is 5.11 Å². The standard InChI is InChI=1S/C14H17N5O/c1-8(2)10-6-12-16-17-13-11(19(12)18-10)5-4-9(7-15-3)14(13)20/h4-6,8,15,20H,7H2,1-3H3. The van der Waals surface area contributed by atoms with Crippen molar-refractivity contribution in [1.82, 2.24) is 25.1 Å². The number of aromatic nitrogens is 4. The number of fused-ring (bicyclic) bond motifs is 3. The van der Waals surface area contributed by atoms with E-state index in [0.717, 1.165) is 16.8 Å². The third-order valence-corrected chi connectivity index (χ3v) is 3.36. The highest BCUT2D eigenvalue weighted by molar-refractivity contribution is 5.83. The first kappa shape index (κ1) is 12.8. The molecule has 20 heavy (non-hydrogen) atoms. The predicted octanol–water partition coefficient (Wildman–Crippen LogP) is 1.83. The summed E-state index contributed by atoms with van der Waals surface area (Å²) in [5, 5.41) is 26.1. The molecule has 1 aromatic carbocycles. The number of aromatic hydroxyl groups is 1. The first-order valence-electron chi connectivity index (χ1n) is 6.63. The Balaban J connectivity index is 2.29. The van der Waals surface area contributed by atoms with Crippen molar-refractivity contribution in [2.24, 2.45) is 0 Å². The smallest absolute Gasteiger partial charge is 0.178 e.